The molecule has 2 N–H and O–H groups in total. The predicted octanol–water partition coefficient (Wildman–Crippen LogP) is 1.95. The van der Waals surface area contributed by atoms with E-state index in [2.05, 4.69) is 20.8 Å². The number of aliphatic hydroxyl groups excluding tert-OH is 2. The van der Waals surface area contributed by atoms with E-state index in [1.807, 2.05) is 0 Å². The highest BCUT2D eigenvalue weighted by Crippen LogP contribution is 2.22. The highest BCUT2D eigenvalue weighted by atomic mass is 16.3. The molecular formula is C10H22O2. The predicted molar refractivity (Wildman–Crippen MR) is 51.0 cm³/mol. The molecular weight excluding hydrogens is 152 g/mol. The van der Waals surface area contributed by atoms with Crippen LogP contribution in [0.4, 0.5) is 0 Å². The molecule has 0 radical (unpaired) electrons. The fourth-order valence-corrected chi connectivity index (χ4v) is 1.16. The van der Waals surface area contributed by atoms with Crippen molar-refractivity contribution in [3.05, 3.63) is 0 Å². The third-order valence-electron chi connectivity index (χ3n) is 1.93. The summed E-state index contributed by atoms with van der Waals surface area (Å²) in [5, 5.41) is 17.8. The molecule has 1 unspecified atom stereocenters. The molecule has 0 heterocycles. The molecule has 0 saturated heterocycles. The van der Waals surface area contributed by atoms with Gasteiger partial charge in [0.15, 0.2) is 0 Å². The molecule has 0 spiro atoms. The maximum atomic E-state index is 9.29. The second-order valence-electron chi connectivity index (χ2n) is 4.62. The average molecular weight is 174 g/mol. The summed E-state index contributed by atoms with van der Waals surface area (Å²) in [4.78, 5) is 0. The molecule has 0 aromatic heterocycles. The zero-order valence-electron chi connectivity index (χ0n) is 8.51. The third-order valence-corrected chi connectivity index (χ3v) is 1.93. The van der Waals surface area contributed by atoms with Crippen molar-refractivity contribution in [3.63, 3.8) is 0 Å². The Morgan fingerprint density at radius 1 is 1.17 bits per heavy atom. The Morgan fingerprint density at radius 2 is 1.75 bits per heavy atom. The van der Waals surface area contributed by atoms with Gasteiger partial charge < -0.3 is 10.2 Å². The van der Waals surface area contributed by atoms with Gasteiger partial charge in [-0.3, -0.25) is 0 Å². The smallest absolute Gasteiger partial charge is 0.0562 e. The monoisotopic (exact) mass is 174 g/mol. The van der Waals surface area contributed by atoms with Crippen LogP contribution in [0, 0.1) is 5.41 Å². The molecule has 12 heavy (non-hydrogen) atoms. The summed E-state index contributed by atoms with van der Waals surface area (Å²) in [6, 6.07) is 0. The lowest BCUT2D eigenvalue weighted by Crippen LogP contribution is -2.11. The fraction of sp³-hybridized carbons (Fsp3) is 1.00. The molecule has 0 bridgehead atoms. The molecule has 1 atom stereocenters. The molecule has 0 amide bonds. The van der Waals surface area contributed by atoms with Crippen molar-refractivity contribution in [1.82, 2.24) is 0 Å². The fourth-order valence-electron chi connectivity index (χ4n) is 1.16. The van der Waals surface area contributed by atoms with E-state index < -0.39 is 0 Å². The first kappa shape index (κ1) is 11.9. The van der Waals surface area contributed by atoms with Gasteiger partial charge in [-0.05, 0) is 24.7 Å². The van der Waals surface area contributed by atoms with Crippen LogP contribution in [-0.4, -0.2) is 22.9 Å². The minimum Gasteiger partial charge on any atom is -0.396 e. The van der Waals surface area contributed by atoms with Gasteiger partial charge in [-0.2, -0.15) is 0 Å². The van der Waals surface area contributed by atoms with Crippen molar-refractivity contribution >= 4 is 0 Å². The van der Waals surface area contributed by atoms with E-state index in [1.54, 1.807) is 0 Å². The molecule has 0 fully saturated rings. The number of aliphatic hydroxyl groups is 2. The van der Waals surface area contributed by atoms with Crippen LogP contribution in [0.3, 0.4) is 0 Å². The van der Waals surface area contributed by atoms with Crippen molar-refractivity contribution in [3.8, 4) is 0 Å². The van der Waals surface area contributed by atoms with Crippen LogP contribution in [0.25, 0.3) is 0 Å². The Hall–Kier alpha value is -0.0800. The Bertz CT molecular complexity index is 105. The van der Waals surface area contributed by atoms with E-state index in [0.29, 0.717) is 11.8 Å². The van der Waals surface area contributed by atoms with Crippen LogP contribution in [0.2, 0.25) is 0 Å². The van der Waals surface area contributed by atoms with Crippen molar-refractivity contribution < 1.29 is 10.2 Å². The molecule has 0 aliphatic carbocycles. The van der Waals surface area contributed by atoms with E-state index in [-0.39, 0.29) is 12.7 Å². The molecule has 0 aromatic carbocycles. The first-order valence-corrected chi connectivity index (χ1v) is 4.74. The molecule has 0 aromatic rings. The molecule has 0 rings (SSSR count). The number of hydrogen-bond donors (Lipinski definition) is 2. The van der Waals surface area contributed by atoms with Crippen molar-refractivity contribution in [2.75, 3.05) is 6.61 Å². The van der Waals surface area contributed by atoms with Gasteiger partial charge in [-0.25, -0.2) is 0 Å². The lowest BCUT2D eigenvalue weighted by atomic mass is 9.89. The minimum atomic E-state index is -0.308. The first-order valence-electron chi connectivity index (χ1n) is 4.74. The minimum absolute atomic E-state index is 0.0939. The second-order valence-corrected chi connectivity index (χ2v) is 4.62. The van der Waals surface area contributed by atoms with Gasteiger partial charge in [-0.15, -0.1) is 0 Å². The van der Waals surface area contributed by atoms with Gasteiger partial charge in [0, 0.05) is 6.61 Å². The van der Waals surface area contributed by atoms with Crippen LogP contribution in [0.5, 0.6) is 0 Å². The van der Waals surface area contributed by atoms with Gasteiger partial charge in [0.25, 0.3) is 0 Å². The Labute approximate surface area is 75.6 Å². The average Bonchev–Trinajstić information content (AvgIpc) is 1.84. The summed E-state index contributed by atoms with van der Waals surface area (Å²) in [6.07, 6.45) is 3.21. The summed E-state index contributed by atoms with van der Waals surface area (Å²) in [5.74, 6) is 0. The number of hydrogen-bond acceptors (Lipinski definition) is 2. The van der Waals surface area contributed by atoms with E-state index in [9.17, 15) is 5.11 Å². The SMILES string of the molecule is CC(C)(C)CCCC(O)CCO. The van der Waals surface area contributed by atoms with Crippen molar-refractivity contribution in [1.29, 1.82) is 0 Å². The maximum absolute atomic E-state index is 9.29. The van der Waals surface area contributed by atoms with Gasteiger partial charge in [0.1, 0.15) is 0 Å². The van der Waals surface area contributed by atoms with E-state index in [4.69, 9.17) is 5.11 Å². The van der Waals surface area contributed by atoms with Crippen LogP contribution in [0.15, 0.2) is 0 Å². The normalized spacial score (nSPS) is 14.8. The Balaban J connectivity index is 3.31. The summed E-state index contributed by atoms with van der Waals surface area (Å²) in [7, 11) is 0. The Kier molecular flexibility index (Phi) is 5.51. The molecule has 0 saturated carbocycles. The Morgan fingerprint density at radius 3 is 2.17 bits per heavy atom. The molecule has 74 valence electrons. The van der Waals surface area contributed by atoms with Gasteiger partial charge in [0.05, 0.1) is 6.10 Å². The van der Waals surface area contributed by atoms with Crippen LogP contribution < -0.4 is 0 Å². The number of rotatable bonds is 5. The maximum Gasteiger partial charge on any atom is 0.0562 e. The summed E-state index contributed by atoms with van der Waals surface area (Å²) in [5.41, 5.74) is 0.360. The second kappa shape index (κ2) is 5.55. The molecule has 0 aliphatic heterocycles. The third kappa shape index (κ3) is 8.02. The molecule has 2 nitrogen and oxygen atoms in total. The van der Waals surface area contributed by atoms with Crippen LogP contribution in [0.1, 0.15) is 46.5 Å². The van der Waals surface area contributed by atoms with Crippen LogP contribution >= 0.6 is 0 Å². The van der Waals surface area contributed by atoms with E-state index in [1.165, 1.54) is 0 Å². The lowest BCUT2D eigenvalue weighted by Gasteiger charge is -2.18. The quantitative estimate of drug-likeness (QED) is 0.668. The lowest BCUT2D eigenvalue weighted by molar-refractivity contribution is 0.119. The van der Waals surface area contributed by atoms with Gasteiger partial charge in [-0.1, -0.05) is 27.2 Å². The largest absolute Gasteiger partial charge is 0.396 e. The van der Waals surface area contributed by atoms with Crippen molar-refractivity contribution in [2.24, 2.45) is 5.41 Å². The summed E-state index contributed by atoms with van der Waals surface area (Å²) < 4.78 is 0. The van der Waals surface area contributed by atoms with E-state index in [0.717, 1.165) is 19.3 Å². The standard InChI is InChI=1S/C10H22O2/c1-10(2,3)7-4-5-9(12)6-8-11/h9,11-12H,4-8H2,1-3H3. The van der Waals surface area contributed by atoms with Gasteiger partial charge in [0.2, 0.25) is 0 Å². The zero-order chi connectivity index (χ0) is 9.61. The molecule has 2 heteroatoms. The molecule has 0 aliphatic rings. The summed E-state index contributed by atoms with van der Waals surface area (Å²) >= 11 is 0. The van der Waals surface area contributed by atoms with E-state index >= 15 is 0 Å². The van der Waals surface area contributed by atoms with Crippen molar-refractivity contribution in [2.45, 2.75) is 52.6 Å². The zero-order valence-corrected chi connectivity index (χ0v) is 8.51. The highest BCUT2D eigenvalue weighted by Gasteiger charge is 2.11. The first-order chi connectivity index (χ1) is 5.45. The highest BCUT2D eigenvalue weighted by molar-refractivity contribution is 4.63. The van der Waals surface area contributed by atoms with Gasteiger partial charge >= 0.3 is 0 Å². The summed E-state index contributed by atoms with van der Waals surface area (Å²) in [6.45, 7) is 6.69. The topological polar surface area (TPSA) is 40.5 Å². The van der Waals surface area contributed by atoms with Crippen LogP contribution in [-0.2, 0) is 0 Å².